The topological polar surface area (TPSA) is 21.3 Å². The molecule has 0 spiro atoms. The van der Waals surface area contributed by atoms with Gasteiger partial charge < -0.3 is 10.1 Å². The number of halogens is 3. The zero-order chi connectivity index (χ0) is 13.0. The largest absolute Gasteiger partial charge is 0.493 e. The minimum atomic E-state index is -4.16. The van der Waals surface area contributed by atoms with Gasteiger partial charge in [0, 0.05) is 12.6 Å². The molecule has 1 saturated carbocycles. The van der Waals surface area contributed by atoms with Gasteiger partial charge in [0.25, 0.3) is 0 Å². The summed E-state index contributed by atoms with van der Waals surface area (Å²) < 4.78 is 40.8. The van der Waals surface area contributed by atoms with Gasteiger partial charge in [-0.2, -0.15) is 13.2 Å². The molecule has 0 unspecified atom stereocenters. The summed E-state index contributed by atoms with van der Waals surface area (Å²) >= 11 is 0. The third kappa shape index (κ3) is 4.96. The van der Waals surface area contributed by atoms with Crippen molar-refractivity contribution in [2.45, 2.75) is 38.0 Å². The maximum atomic E-state index is 11.9. The van der Waals surface area contributed by atoms with Crippen LogP contribution in [0.25, 0.3) is 0 Å². The minimum absolute atomic E-state index is 0.330. The minimum Gasteiger partial charge on any atom is -0.493 e. The fraction of sp³-hybridized carbons (Fsp3) is 0.538. The van der Waals surface area contributed by atoms with E-state index in [0.29, 0.717) is 11.8 Å². The average molecular weight is 259 g/mol. The number of hydrogen-bond acceptors (Lipinski definition) is 2. The highest BCUT2D eigenvalue weighted by molar-refractivity contribution is 5.27. The van der Waals surface area contributed by atoms with Crippen LogP contribution in [0.2, 0.25) is 0 Å². The monoisotopic (exact) mass is 259 g/mol. The number of rotatable bonds is 6. The highest BCUT2D eigenvalue weighted by Gasteiger charge is 2.26. The molecule has 2 rings (SSSR count). The van der Waals surface area contributed by atoms with Crippen LogP contribution < -0.4 is 10.1 Å². The lowest BCUT2D eigenvalue weighted by Gasteiger charge is -2.09. The van der Waals surface area contributed by atoms with Gasteiger partial charge in [-0.3, -0.25) is 0 Å². The van der Waals surface area contributed by atoms with Crippen molar-refractivity contribution in [2.24, 2.45) is 0 Å². The summed E-state index contributed by atoms with van der Waals surface area (Å²) in [7, 11) is 0. The third-order valence-corrected chi connectivity index (χ3v) is 2.75. The van der Waals surface area contributed by atoms with E-state index in [1.807, 2.05) is 12.1 Å². The molecule has 0 amide bonds. The van der Waals surface area contributed by atoms with E-state index in [1.54, 1.807) is 12.1 Å². The summed E-state index contributed by atoms with van der Waals surface area (Å²) in [6.45, 7) is 0.469. The summed E-state index contributed by atoms with van der Waals surface area (Å²) in [5.74, 6) is 0.481. The molecule has 1 fully saturated rings. The smallest absolute Gasteiger partial charge is 0.392 e. The van der Waals surface area contributed by atoms with Crippen LogP contribution in [0.15, 0.2) is 24.3 Å². The van der Waals surface area contributed by atoms with Crippen LogP contribution in [-0.2, 0) is 6.54 Å². The van der Waals surface area contributed by atoms with E-state index in [0.717, 1.165) is 12.1 Å². The lowest BCUT2D eigenvalue weighted by Crippen LogP contribution is -2.15. The second-order valence-corrected chi connectivity index (χ2v) is 4.51. The van der Waals surface area contributed by atoms with Crippen molar-refractivity contribution in [1.29, 1.82) is 0 Å². The van der Waals surface area contributed by atoms with Crippen molar-refractivity contribution in [1.82, 2.24) is 5.32 Å². The van der Waals surface area contributed by atoms with E-state index in [1.165, 1.54) is 12.8 Å². The van der Waals surface area contributed by atoms with Crippen LogP contribution in [0.3, 0.4) is 0 Å². The quantitative estimate of drug-likeness (QED) is 0.846. The molecule has 5 heteroatoms. The Morgan fingerprint density at radius 3 is 2.39 bits per heavy atom. The van der Waals surface area contributed by atoms with Gasteiger partial charge in [-0.15, -0.1) is 0 Å². The number of nitrogens with one attached hydrogen (secondary N) is 1. The first-order chi connectivity index (χ1) is 8.53. The van der Waals surface area contributed by atoms with Crippen molar-refractivity contribution in [2.75, 3.05) is 6.61 Å². The molecule has 1 aromatic carbocycles. The maximum absolute atomic E-state index is 11.9. The molecular formula is C13H16F3NO. The molecule has 2 nitrogen and oxygen atoms in total. The van der Waals surface area contributed by atoms with Gasteiger partial charge in [0.05, 0.1) is 13.0 Å². The molecule has 1 aliphatic carbocycles. The first-order valence-electron chi connectivity index (χ1n) is 6.05. The molecule has 1 aliphatic rings. The van der Waals surface area contributed by atoms with Crippen molar-refractivity contribution in [3.63, 3.8) is 0 Å². The Balaban J connectivity index is 1.72. The summed E-state index contributed by atoms with van der Waals surface area (Å²) in [5.41, 5.74) is 1.12. The highest BCUT2D eigenvalue weighted by atomic mass is 19.4. The molecule has 0 bridgehead atoms. The zero-order valence-electron chi connectivity index (χ0n) is 9.96. The molecule has 0 aromatic heterocycles. The Morgan fingerprint density at radius 1 is 1.17 bits per heavy atom. The van der Waals surface area contributed by atoms with Crippen molar-refractivity contribution in [3.8, 4) is 5.75 Å². The molecule has 0 heterocycles. The molecule has 0 saturated heterocycles. The summed E-state index contributed by atoms with van der Waals surface area (Å²) in [6.07, 6.45) is -2.61. The highest BCUT2D eigenvalue weighted by Crippen LogP contribution is 2.21. The molecule has 1 N–H and O–H groups in total. The molecule has 18 heavy (non-hydrogen) atoms. The number of alkyl halides is 3. The molecule has 0 atom stereocenters. The summed E-state index contributed by atoms with van der Waals surface area (Å²) in [4.78, 5) is 0. The van der Waals surface area contributed by atoms with Crippen molar-refractivity contribution < 1.29 is 17.9 Å². The second kappa shape index (κ2) is 5.61. The summed E-state index contributed by atoms with van der Waals surface area (Å²) in [6, 6.07) is 7.81. The molecular weight excluding hydrogens is 243 g/mol. The lowest BCUT2D eigenvalue weighted by molar-refractivity contribution is -0.139. The Bertz CT molecular complexity index is 371. The van der Waals surface area contributed by atoms with E-state index in [4.69, 9.17) is 4.74 Å². The van der Waals surface area contributed by atoms with Crippen LogP contribution in [0, 0.1) is 0 Å². The van der Waals surface area contributed by atoms with E-state index in [9.17, 15) is 13.2 Å². The number of benzene rings is 1. The third-order valence-electron chi connectivity index (χ3n) is 2.75. The van der Waals surface area contributed by atoms with Gasteiger partial charge in [0.2, 0.25) is 0 Å². The van der Waals surface area contributed by atoms with E-state index >= 15 is 0 Å². The Morgan fingerprint density at radius 2 is 1.83 bits per heavy atom. The van der Waals surface area contributed by atoms with Gasteiger partial charge in [-0.05, 0) is 30.5 Å². The normalized spacial score (nSPS) is 15.7. The lowest BCUT2D eigenvalue weighted by atomic mass is 10.2. The summed E-state index contributed by atoms with van der Waals surface area (Å²) in [5, 5.41) is 3.37. The van der Waals surface area contributed by atoms with Crippen LogP contribution in [0.5, 0.6) is 5.75 Å². The van der Waals surface area contributed by atoms with E-state index in [-0.39, 0.29) is 6.61 Å². The number of ether oxygens (including phenoxy) is 1. The van der Waals surface area contributed by atoms with E-state index in [2.05, 4.69) is 5.32 Å². The molecule has 100 valence electrons. The SMILES string of the molecule is FC(F)(F)CCOc1ccc(CNC2CC2)cc1. The van der Waals surface area contributed by atoms with Crippen LogP contribution in [0.1, 0.15) is 24.8 Å². The molecule has 0 aliphatic heterocycles. The van der Waals surface area contributed by atoms with Gasteiger partial charge in [0.1, 0.15) is 5.75 Å². The Kier molecular flexibility index (Phi) is 4.11. The molecule has 0 radical (unpaired) electrons. The predicted molar refractivity (Wildman–Crippen MR) is 62.5 cm³/mol. The van der Waals surface area contributed by atoms with Gasteiger partial charge in [-0.25, -0.2) is 0 Å². The van der Waals surface area contributed by atoms with Crippen LogP contribution in [0.4, 0.5) is 13.2 Å². The fourth-order valence-electron chi connectivity index (χ4n) is 1.54. The average Bonchev–Trinajstić information content (AvgIpc) is 3.10. The maximum Gasteiger partial charge on any atom is 0.392 e. The van der Waals surface area contributed by atoms with Gasteiger partial charge in [0.15, 0.2) is 0 Å². The Hall–Kier alpha value is -1.23. The zero-order valence-corrected chi connectivity index (χ0v) is 9.96. The van der Waals surface area contributed by atoms with Crippen LogP contribution in [-0.4, -0.2) is 18.8 Å². The second-order valence-electron chi connectivity index (χ2n) is 4.51. The van der Waals surface area contributed by atoms with E-state index < -0.39 is 12.6 Å². The van der Waals surface area contributed by atoms with Crippen LogP contribution >= 0.6 is 0 Å². The predicted octanol–water partition coefficient (Wildman–Crippen LogP) is 3.27. The van der Waals surface area contributed by atoms with Gasteiger partial charge in [-0.1, -0.05) is 12.1 Å². The molecule has 1 aromatic rings. The first-order valence-corrected chi connectivity index (χ1v) is 6.05. The Labute approximate surface area is 104 Å². The standard InChI is InChI=1S/C13H16F3NO/c14-13(15,16)7-8-18-12-5-1-10(2-6-12)9-17-11-3-4-11/h1-2,5-6,11,17H,3-4,7-9H2. The van der Waals surface area contributed by atoms with Gasteiger partial charge >= 0.3 is 6.18 Å². The first kappa shape index (κ1) is 13.2. The fourth-order valence-corrected chi connectivity index (χ4v) is 1.54. The van der Waals surface area contributed by atoms with Crippen molar-refractivity contribution >= 4 is 0 Å². The number of hydrogen-bond donors (Lipinski definition) is 1. The van der Waals surface area contributed by atoms with Crippen molar-refractivity contribution in [3.05, 3.63) is 29.8 Å².